The number of amides is 1. The van der Waals surface area contributed by atoms with Gasteiger partial charge in [-0.1, -0.05) is 37.3 Å². The van der Waals surface area contributed by atoms with Gasteiger partial charge in [0.05, 0.1) is 12.0 Å². The molecular formula is C16H24N2O2. The maximum Gasteiger partial charge on any atom is 0.224 e. The van der Waals surface area contributed by atoms with Crippen molar-refractivity contribution in [1.29, 1.82) is 0 Å². The number of rotatable bonds is 4. The predicted molar refractivity (Wildman–Crippen MR) is 79.1 cm³/mol. The Balaban J connectivity index is 1.91. The van der Waals surface area contributed by atoms with Gasteiger partial charge in [0, 0.05) is 18.7 Å². The zero-order valence-corrected chi connectivity index (χ0v) is 12.2. The summed E-state index contributed by atoms with van der Waals surface area (Å²) in [6.07, 6.45) is 1.97. The first-order chi connectivity index (χ1) is 9.58. The smallest absolute Gasteiger partial charge is 0.224 e. The van der Waals surface area contributed by atoms with Gasteiger partial charge in [0.15, 0.2) is 0 Å². The lowest BCUT2D eigenvalue weighted by atomic mass is 9.94. The van der Waals surface area contributed by atoms with Crippen molar-refractivity contribution in [2.24, 2.45) is 11.7 Å². The van der Waals surface area contributed by atoms with E-state index in [2.05, 4.69) is 5.32 Å². The molecule has 0 bridgehead atoms. The quantitative estimate of drug-likeness (QED) is 0.884. The third-order valence-corrected chi connectivity index (χ3v) is 3.97. The van der Waals surface area contributed by atoms with Gasteiger partial charge in [-0.25, -0.2) is 0 Å². The summed E-state index contributed by atoms with van der Waals surface area (Å²) in [6, 6.07) is 9.70. The minimum absolute atomic E-state index is 0.0282. The van der Waals surface area contributed by atoms with Crippen molar-refractivity contribution < 1.29 is 9.53 Å². The van der Waals surface area contributed by atoms with Crippen LogP contribution in [0.3, 0.4) is 0 Å². The molecule has 4 atom stereocenters. The first-order valence-corrected chi connectivity index (χ1v) is 7.30. The summed E-state index contributed by atoms with van der Waals surface area (Å²) in [6.45, 7) is 4.64. The zero-order valence-electron chi connectivity index (χ0n) is 12.2. The fraction of sp³-hybridized carbons (Fsp3) is 0.562. The largest absolute Gasteiger partial charge is 0.378 e. The SMILES string of the molecule is CC1CC(NC(=O)C(C)C(N)c2ccccc2)CCO1. The third kappa shape index (κ3) is 3.81. The lowest BCUT2D eigenvalue weighted by Crippen LogP contribution is -2.45. The van der Waals surface area contributed by atoms with E-state index in [9.17, 15) is 4.79 Å². The van der Waals surface area contributed by atoms with Gasteiger partial charge in [-0.15, -0.1) is 0 Å². The van der Waals surface area contributed by atoms with Gasteiger partial charge in [-0.2, -0.15) is 0 Å². The van der Waals surface area contributed by atoms with Crippen molar-refractivity contribution in [2.45, 2.75) is 44.9 Å². The lowest BCUT2D eigenvalue weighted by molar-refractivity contribution is -0.126. The highest BCUT2D eigenvalue weighted by atomic mass is 16.5. The maximum absolute atomic E-state index is 12.3. The molecule has 1 fully saturated rings. The van der Waals surface area contributed by atoms with Crippen molar-refractivity contribution >= 4 is 5.91 Å². The Kier molecular flexibility index (Phi) is 5.15. The Morgan fingerprint density at radius 1 is 1.40 bits per heavy atom. The Morgan fingerprint density at radius 3 is 2.75 bits per heavy atom. The molecule has 0 radical (unpaired) electrons. The second kappa shape index (κ2) is 6.86. The molecule has 20 heavy (non-hydrogen) atoms. The molecule has 4 unspecified atom stereocenters. The van der Waals surface area contributed by atoms with Gasteiger partial charge in [-0.3, -0.25) is 4.79 Å². The molecule has 1 aromatic rings. The summed E-state index contributed by atoms with van der Waals surface area (Å²) < 4.78 is 5.49. The number of hydrogen-bond donors (Lipinski definition) is 2. The first-order valence-electron chi connectivity index (χ1n) is 7.30. The summed E-state index contributed by atoms with van der Waals surface area (Å²) >= 11 is 0. The van der Waals surface area contributed by atoms with Crippen molar-refractivity contribution in [1.82, 2.24) is 5.32 Å². The molecule has 1 aliphatic heterocycles. The Bertz CT molecular complexity index is 435. The van der Waals surface area contributed by atoms with Crippen LogP contribution in [0.2, 0.25) is 0 Å². The van der Waals surface area contributed by atoms with E-state index in [-0.39, 0.29) is 30.0 Å². The van der Waals surface area contributed by atoms with E-state index < -0.39 is 0 Å². The molecular weight excluding hydrogens is 252 g/mol. The van der Waals surface area contributed by atoms with Crippen LogP contribution in [0, 0.1) is 5.92 Å². The number of carbonyl (C=O) groups excluding carboxylic acids is 1. The van der Waals surface area contributed by atoms with Crippen LogP contribution < -0.4 is 11.1 Å². The van der Waals surface area contributed by atoms with Crippen molar-refractivity contribution in [3.8, 4) is 0 Å². The van der Waals surface area contributed by atoms with Crippen molar-refractivity contribution in [2.75, 3.05) is 6.61 Å². The predicted octanol–water partition coefficient (Wildman–Crippen LogP) is 2.01. The molecule has 2 rings (SSSR count). The molecule has 0 saturated carbocycles. The van der Waals surface area contributed by atoms with Crippen LogP contribution in [0.4, 0.5) is 0 Å². The van der Waals surface area contributed by atoms with Gasteiger partial charge >= 0.3 is 0 Å². The van der Waals surface area contributed by atoms with E-state index in [0.29, 0.717) is 6.61 Å². The number of hydrogen-bond acceptors (Lipinski definition) is 3. The number of benzene rings is 1. The fourth-order valence-corrected chi connectivity index (χ4v) is 2.59. The molecule has 0 aromatic heterocycles. The average Bonchev–Trinajstić information content (AvgIpc) is 2.46. The number of nitrogens with one attached hydrogen (secondary N) is 1. The molecule has 4 nitrogen and oxygen atoms in total. The average molecular weight is 276 g/mol. The number of ether oxygens (including phenoxy) is 1. The molecule has 1 heterocycles. The topological polar surface area (TPSA) is 64.4 Å². The molecule has 1 amide bonds. The molecule has 4 heteroatoms. The second-order valence-electron chi connectivity index (χ2n) is 5.64. The molecule has 0 spiro atoms. The summed E-state index contributed by atoms with van der Waals surface area (Å²) in [5.74, 6) is -0.212. The van der Waals surface area contributed by atoms with E-state index in [1.165, 1.54) is 0 Å². The zero-order chi connectivity index (χ0) is 14.5. The minimum Gasteiger partial charge on any atom is -0.378 e. The Hall–Kier alpha value is -1.39. The summed E-state index contributed by atoms with van der Waals surface area (Å²) in [7, 11) is 0. The van der Waals surface area contributed by atoms with E-state index in [1.807, 2.05) is 44.2 Å². The van der Waals surface area contributed by atoms with Gasteiger partial charge in [-0.05, 0) is 25.3 Å². The summed E-state index contributed by atoms with van der Waals surface area (Å²) in [4.78, 5) is 12.3. The fourth-order valence-electron chi connectivity index (χ4n) is 2.59. The monoisotopic (exact) mass is 276 g/mol. The third-order valence-electron chi connectivity index (χ3n) is 3.97. The van der Waals surface area contributed by atoms with Crippen LogP contribution in [0.1, 0.15) is 38.3 Å². The minimum atomic E-state index is -0.270. The number of carbonyl (C=O) groups is 1. The molecule has 1 saturated heterocycles. The van der Waals surface area contributed by atoms with Crippen molar-refractivity contribution in [3.63, 3.8) is 0 Å². The van der Waals surface area contributed by atoms with Crippen LogP contribution >= 0.6 is 0 Å². The van der Waals surface area contributed by atoms with Crippen LogP contribution in [-0.2, 0) is 9.53 Å². The van der Waals surface area contributed by atoms with Gasteiger partial charge in [0.2, 0.25) is 5.91 Å². The molecule has 3 N–H and O–H groups in total. The van der Waals surface area contributed by atoms with Crippen LogP contribution in [0.15, 0.2) is 30.3 Å². The van der Waals surface area contributed by atoms with Gasteiger partial charge in [0.1, 0.15) is 0 Å². The van der Waals surface area contributed by atoms with Crippen molar-refractivity contribution in [3.05, 3.63) is 35.9 Å². The lowest BCUT2D eigenvalue weighted by Gasteiger charge is -2.29. The van der Waals surface area contributed by atoms with Gasteiger partial charge < -0.3 is 15.8 Å². The maximum atomic E-state index is 12.3. The van der Waals surface area contributed by atoms with E-state index in [0.717, 1.165) is 18.4 Å². The molecule has 0 aliphatic carbocycles. The van der Waals surface area contributed by atoms with Crippen LogP contribution in [0.5, 0.6) is 0 Å². The molecule has 1 aliphatic rings. The second-order valence-corrected chi connectivity index (χ2v) is 5.64. The van der Waals surface area contributed by atoms with E-state index in [4.69, 9.17) is 10.5 Å². The highest BCUT2D eigenvalue weighted by Gasteiger charge is 2.26. The van der Waals surface area contributed by atoms with Crippen LogP contribution in [0.25, 0.3) is 0 Å². The standard InChI is InChI=1S/C16H24N2O2/c1-11-10-14(8-9-20-11)18-16(19)12(2)15(17)13-6-4-3-5-7-13/h3-7,11-12,14-15H,8-10,17H2,1-2H3,(H,18,19). The summed E-state index contributed by atoms with van der Waals surface area (Å²) in [5, 5.41) is 3.10. The highest BCUT2D eigenvalue weighted by Crippen LogP contribution is 2.20. The Labute approximate surface area is 120 Å². The van der Waals surface area contributed by atoms with Crippen LogP contribution in [-0.4, -0.2) is 24.7 Å². The number of nitrogens with two attached hydrogens (primary N) is 1. The van der Waals surface area contributed by atoms with E-state index in [1.54, 1.807) is 0 Å². The molecule has 1 aromatic carbocycles. The molecule has 110 valence electrons. The summed E-state index contributed by atoms with van der Waals surface area (Å²) in [5.41, 5.74) is 7.18. The van der Waals surface area contributed by atoms with E-state index >= 15 is 0 Å². The normalized spacial score (nSPS) is 25.8. The van der Waals surface area contributed by atoms with Gasteiger partial charge in [0.25, 0.3) is 0 Å². The Morgan fingerprint density at radius 2 is 2.10 bits per heavy atom. The highest BCUT2D eigenvalue weighted by molar-refractivity contribution is 5.79. The first kappa shape index (κ1) is 15.0.